The lowest BCUT2D eigenvalue weighted by molar-refractivity contribution is -0.147. The van der Waals surface area contributed by atoms with Crippen LogP contribution in [-0.4, -0.2) is 55.5 Å². The zero-order valence-electron chi connectivity index (χ0n) is 14.6. The number of nitrogens with zero attached hydrogens (tertiary/aromatic N) is 1. The quantitative estimate of drug-likeness (QED) is 0.594. The smallest absolute Gasteiger partial charge is 0.308 e. The number of ether oxygens (including phenoxy) is 2. The highest BCUT2D eigenvalue weighted by molar-refractivity contribution is 5.99. The van der Waals surface area contributed by atoms with Gasteiger partial charge in [-0.15, -0.1) is 0 Å². The van der Waals surface area contributed by atoms with Crippen LogP contribution in [0.2, 0.25) is 0 Å². The van der Waals surface area contributed by atoms with E-state index >= 15 is 0 Å². The van der Waals surface area contributed by atoms with E-state index in [1.807, 2.05) is 6.92 Å². The highest BCUT2D eigenvalue weighted by Gasteiger charge is 2.35. The number of carbonyl (C=O) groups is 3. The predicted molar refractivity (Wildman–Crippen MR) is 91.3 cm³/mol. The molecule has 0 aromatic heterocycles. The molecule has 1 N–H and O–H groups in total. The average molecular weight is 348 g/mol. The van der Waals surface area contributed by atoms with E-state index in [0.717, 1.165) is 12.8 Å². The number of methoxy groups -OCH3 is 1. The molecule has 1 aliphatic heterocycles. The van der Waals surface area contributed by atoms with E-state index in [9.17, 15) is 14.4 Å². The highest BCUT2D eigenvalue weighted by atomic mass is 16.5. The van der Waals surface area contributed by atoms with Crippen molar-refractivity contribution in [3.05, 3.63) is 29.8 Å². The van der Waals surface area contributed by atoms with Gasteiger partial charge in [-0.2, -0.15) is 0 Å². The fourth-order valence-corrected chi connectivity index (χ4v) is 2.61. The normalized spacial score (nSPS) is 17.0. The summed E-state index contributed by atoms with van der Waals surface area (Å²) in [5.74, 6) is -0.448. The second kappa shape index (κ2) is 9.05. The summed E-state index contributed by atoms with van der Waals surface area (Å²) in [6.45, 7) is 3.04. The van der Waals surface area contributed by atoms with Crippen molar-refractivity contribution in [2.24, 2.45) is 0 Å². The summed E-state index contributed by atoms with van der Waals surface area (Å²) in [5, 5.41) is 2.70. The Kier molecular flexibility index (Phi) is 6.80. The van der Waals surface area contributed by atoms with E-state index in [0.29, 0.717) is 31.0 Å². The lowest BCUT2D eigenvalue weighted by Crippen LogP contribution is -2.57. The van der Waals surface area contributed by atoms with Gasteiger partial charge in [-0.25, -0.2) is 0 Å². The van der Waals surface area contributed by atoms with Crippen LogP contribution in [0, 0.1) is 0 Å². The second-order valence-electron chi connectivity index (χ2n) is 5.81. The summed E-state index contributed by atoms with van der Waals surface area (Å²) in [7, 11) is 1.55. The molecule has 2 rings (SSSR count). The van der Waals surface area contributed by atoms with Crippen molar-refractivity contribution >= 4 is 17.8 Å². The molecule has 7 nitrogen and oxygen atoms in total. The van der Waals surface area contributed by atoms with Crippen molar-refractivity contribution in [2.75, 3.05) is 26.8 Å². The van der Waals surface area contributed by atoms with E-state index in [1.54, 1.807) is 31.4 Å². The molecule has 25 heavy (non-hydrogen) atoms. The standard InChI is InChI=1S/C18H24N2O5/c1-3-4-11-25-16(21)12-15-17(22)19-9-10-20(15)18(23)13-5-7-14(24-2)8-6-13/h5-8,15H,3-4,9-12H2,1-2H3,(H,19,22)/t15-/m0/s1. The van der Waals surface area contributed by atoms with E-state index in [-0.39, 0.29) is 18.2 Å². The number of piperazine rings is 1. The molecular formula is C18H24N2O5. The van der Waals surface area contributed by atoms with E-state index in [2.05, 4.69) is 5.32 Å². The van der Waals surface area contributed by atoms with Crippen molar-refractivity contribution in [3.63, 3.8) is 0 Å². The number of unbranched alkanes of at least 4 members (excludes halogenated alkanes) is 1. The first-order chi connectivity index (χ1) is 12.1. The molecule has 7 heteroatoms. The minimum absolute atomic E-state index is 0.141. The maximum Gasteiger partial charge on any atom is 0.308 e. The van der Waals surface area contributed by atoms with Crippen LogP contribution >= 0.6 is 0 Å². The van der Waals surface area contributed by atoms with Crippen molar-refractivity contribution in [1.29, 1.82) is 0 Å². The van der Waals surface area contributed by atoms with Gasteiger partial charge in [-0.1, -0.05) is 13.3 Å². The minimum atomic E-state index is -0.850. The summed E-state index contributed by atoms with van der Waals surface area (Å²) in [6.07, 6.45) is 1.55. The minimum Gasteiger partial charge on any atom is -0.497 e. The summed E-state index contributed by atoms with van der Waals surface area (Å²) in [4.78, 5) is 38.3. The first-order valence-electron chi connectivity index (χ1n) is 8.45. The molecule has 0 saturated carbocycles. The molecule has 1 fully saturated rings. The van der Waals surface area contributed by atoms with Gasteiger partial charge in [0.2, 0.25) is 5.91 Å². The Hall–Kier alpha value is -2.57. The zero-order chi connectivity index (χ0) is 18.2. The van der Waals surface area contributed by atoms with E-state index in [1.165, 1.54) is 4.90 Å². The van der Waals surface area contributed by atoms with Crippen molar-refractivity contribution in [2.45, 2.75) is 32.2 Å². The number of benzene rings is 1. The maximum atomic E-state index is 12.8. The van der Waals surface area contributed by atoms with Crippen LogP contribution in [0.25, 0.3) is 0 Å². The Labute approximate surface area is 147 Å². The van der Waals surface area contributed by atoms with Crippen LogP contribution in [0.3, 0.4) is 0 Å². The maximum absolute atomic E-state index is 12.8. The summed E-state index contributed by atoms with van der Waals surface area (Å²) < 4.78 is 10.2. The lowest BCUT2D eigenvalue weighted by Gasteiger charge is -2.34. The summed E-state index contributed by atoms with van der Waals surface area (Å²) >= 11 is 0. The molecule has 136 valence electrons. The van der Waals surface area contributed by atoms with E-state index in [4.69, 9.17) is 9.47 Å². The van der Waals surface area contributed by atoms with Crippen LogP contribution in [0.5, 0.6) is 5.75 Å². The van der Waals surface area contributed by atoms with Crippen LogP contribution < -0.4 is 10.1 Å². The van der Waals surface area contributed by atoms with Gasteiger partial charge in [0.15, 0.2) is 0 Å². The molecule has 1 aromatic carbocycles. The zero-order valence-corrected chi connectivity index (χ0v) is 14.6. The van der Waals surface area contributed by atoms with Gasteiger partial charge in [0, 0.05) is 18.7 Å². The molecule has 0 aliphatic carbocycles. The Bertz CT molecular complexity index is 614. The van der Waals surface area contributed by atoms with Crippen LogP contribution in [0.4, 0.5) is 0 Å². The summed E-state index contributed by atoms with van der Waals surface area (Å²) in [5.41, 5.74) is 0.444. The van der Waals surface area contributed by atoms with Crippen molar-refractivity contribution in [3.8, 4) is 5.75 Å². The predicted octanol–water partition coefficient (Wildman–Crippen LogP) is 1.37. The van der Waals surface area contributed by atoms with Crippen LogP contribution in [-0.2, 0) is 14.3 Å². The number of esters is 1. The summed E-state index contributed by atoms with van der Waals surface area (Å²) in [6, 6.07) is 5.81. The SMILES string of the molecule is CCCCOC(=O)C[C@H]1C(=O)NCCN1C(=O)c1ccc(OC)cc1. The molecule has 1 aromatic rings. The molecule has 0 bridgehead atoms. The molecule has 0 unspecified atom stereocenters. The Balaban J connectivity index is 2.08. The molecule has 0 spiro atoms. The van der Waals surface area contributed by atoms with Crippen molar-refractivity contribution < 1.29 is 23.9 Å². The van der Waals surface area contributed by atoms with E-state index < -0.39 is 12.0 Å². The van der Waals surface area contributed by atoms with Crippen molar-refractivity contribution in [1.82, 2.24) is 10.2 Å². The molecule has 2 amide bonds. The van der Waals surface area contributed by atoms with Gasteiger partial charge >= 0.3 is 5.97 Å². The largest absolute Gasteiger partial charge is 0.497 e. The monoisotopic (exact) mass is 348 g/mol. The van der Waals surface area contributed by atoms with Gasteiger partial charge < -0.3 is 19.7 Å². The van der Waals surface area contributed by atoms with Gasteiger partial charge in [-0.05, 0) is 30.7 Å². The Morgan fingerprint density at radius 2 is 2.00 bits per heavy atom. The average Bonchev–Trinajstić information content (AvgIpc) is 2.63. The molecule has 1 saturated heterocycles. The number of hydrogen-bond acceptors (Lipinski definition) is 5. The van der Waals surface area contributed by atoms with Crippen LogP contribution in [0.1, 0.15) is 36.5 Å². The molecule has 1 aliphatic rings. The van der Waals surface area contributed by atoms with Gasteiger partial charge in [0.1, 0.15) is 11.8 Å². The Morgan fingerprint density at radius 1 is 1.28 bits per heavy atom. The third-order valence-corrected chi connectivity index (χ3v) is 4.05. The first kappa shape index (κ1) is 18.8. The molecule has 0 radical (unpaired) electrons. The number of nitrogens with one attached hydrogen (secondary N) is 1. The third kappa shape index (κ3) is 4.95. The topological polar surface area (TPSA) is 84.9 Å². The molecular weight excluding hydrogens is 324 g/mol. The number of amides is 2. The third-order valence-electron chi connectivity index (χ3n) is 4.05. The van der Waals surface area contributed by atoms with Gasteiger partial charge in [-0.3, -0.25) is 14.4 Å². The van der Waals surface area contributed by atoms with Gasteiger partial charge in [0.25, 0.3) is 5.91 Å². The lowest BCUT2D eigenvalue weighted by atomic mass is 10.1. The van der Waals surface area contributed by atoms with Crippen LogP contribution in [0.15, 0.2) is 24.3 Å². The number of hydrogen-bond donors (Lipinski definition) is 1. The van der Waals surface area contributed by atoms with Gasteiger partial charge in [0.05, 0.1) is 20.1 Å². The highest BCUT2D eigenvalue weighted by Crippen LogP contribution is 2.17. The molecule has 1 heterocycles. The number of rotatable bonds is 7. The molecule has 1 atom stereocenters. The fourth-order valence-electron chi connectivity index (χ4n) is 2.61. The Morgan fingerprint density at radius 3 is 2.64 bits per heavy atom. The fraction of sp³-hybridized carbons (Fsp3) is 0.500. The first-order valence-corrected chi connectivity index (χ1v) is 8.45. The second-order valence-corrected chi connectivity index (χ2v) is 5.81. The number of carbonyl (C=O) groups excluding carboxylic acids is 3.